The van der Waals surface area contributed by atoms with Gasteiger partial charge in [-0.1, -0.05) is 13.3 Å². The highest BCUT2D eigenvalue weighted by Crippen LogP contribution is 2.32. The molecular formula is C13H17F2N. The minimum atomic E-state index is -0.469. The first-order valence-electron chi connectivity index (χ1n) is 5.87. The first-order valence-corrected chi connectivity index (χ1v) is 5.87. The van der Waals surface area contributed by atoms with Gasteiger partial charge in [0.1, 0.15) is 11.6 Å². The molecule has 1 aromatic rings. The van der Waals surface area contributed by atoms with Gasteiger partial charge in [-0.15, -0.1) is 0 Å². The Morgan fingerprint density at radius 3 is 2.56 bits per heavy atom. The summed E-state index contributed by atoms with van der Waals surface area (Å²) in [6, 6.07) is 3.88. The lowest BCUT2D eigenvalue weighted by atomic mass is 9.80. The summed E-state index contributed by atoms with van der Waals surface area (Å²) in [6.45, 7) is 4.00. The van der Waals surface area contributed by atoms with E-state index in [1.54, 1.807) is 0 Å². The molecule has 0 aromatic heterocycles. The molecule has 1 fully saturated rings. The molecule has 0 spiro atoms. The molecule has 1 aromatic carbocycles. The zero-order chi connectivity index (χ0) is 11.5. The van der Waals surface area contributed by atoms with E-state index in [1.807, 2.05) is 0 Å². The lowest BCUT2D eigenvalue weighted by Crippen LogP contribution is -2.35. The highest BCUT2D eigenvalue weighted by Gasteiger charge is 2.25. The summed E-state index contributed by atoms with van der Waals surface area (Å²) < 4.78 is 26.3. The lowest BCUT2D eigenvalue weighted by Gasteiger charge is -2.31. The zero-order valence-corrected chi connectivity index (χ0v) is 9.47. The fourth-order valence-electron chi connectivity index (χ4n) is 2.58. The van der Waals surface area contributed by atoms with Crippen molar-refractivity contribution in [2.75, 3.05) is 13.1 Å². The van der Waals surface area contributed by atoms with E-state index in [0.29, 0.717) is 5.92 Å². The van der Waals surface area contributed by atoms with E-state index >= 15 is 0 Å². The molecule has 2 unspecified atom stereocenters. The molecule has 3 heteroatoms. The standard InChI is InChI=1S/C13H17F2N/c1-2-9-8-16-4-3-13(9)10-5-11(14)7-12(15)6-10/h5-7,9,13,16H,2-4,8H2,1H3. The Morgan fingerprint density at radius 1 is 1.25 bits per heavy atom. The number of hydrogen-bond acceptors (Lipinski definition) is 1. The monoisotopic (exact) mass is 225 g/mol. The van der Waals surface area contributed by atoms with E-state index in [1.165, 1.54) is 12.1 Å². The number of halogens is 2. The topological polar surface area (TPSA) is 12.0 Å². The molecule has 2 atom stereocenters. The second-order valence-electron chi connectivity index (χ2n) is 4.47. The van der Waals surface area contributed by atoms with Crippen molar-refractivity contribution >= 4 is 0 Å². The number of rotatable bonds is 2. The van der Waals surface area contributed by atoms with Crippen molar-refractivity contribution in [3.8, 4) is 0 Å². The van der Waals surface area contributed by atoms with Crippen LogP contribution in [0.5, 0.6) is 0 Å². The van der Waals surface area contributed by atoms with E-state index in [4.69, 9.17) is 0 Å². The van der Waals surface area contributed by atoms with Gasteiger partial charge >= 0.3 is 0 Å². The molecule has 88 valence electrons. The second-order valence-corrected chi connectivity index (χ2v) is 4.47. The molecule has 0 aliphatic carbocycles. The molecule has 1 nitrogen and oxygen atoms in total. The molecule has 2 rings (SSSR count). The average Bonchev–Trinajstić information content (AvgIpc) is 2.27. The Hall–Kier alpha value is -0.960. The van der Waals surface area contributed by atoms with Crippen molar-refractivity contribution in [3.05, 3.63) is 35.4 Å². The van der Waals surface area contributed by atoms with Gasteiger partial charge in [0.25, 0.3) is 0 Å². The smallest absolute Gasteiger partial charge is 0.126 e. The van der Waals surface area contributed by atoms with Gasteiger partial charge in [0, 0.05) is 6.07 Å². The number of benzene rings is 1. The van der Waals surface area contributed by atoms with E-state index in [9.17, 15) is 8.78 Å². The summed E-state index contributed by atoms with van der Waals surface area (Å²) in [6.07, 6.45) is 2.00. The molecule has 1 heterocycles. The predicted molar refractivity (Wildman–Crippen MR) is 60.4 cm³/mol. The van der Waals surface area contributed by atoms with Crippen LogP contribution in [0.2, 0.25) is 0 Å². The van der Waals surface area contributed by atoms with Crippen LogP contribution in [-0.2, 0) is 0 Å². The van der Waals surface area contributed by atoms with Crippen LogP contribution < -0.4 is 5.32 Å². The van der Waals surface area contributed by atoms with Gasteiger partial charge in [-0.2, -0.15) is 0 Å². The third-order valence-electron chi connectivity index (χ3n) is 3.45. The van der Waals surface area contributed by atoms with Gasteiger partial charge in [-0.3, -0.25) is 0 Å². The quantitative estimate of drug-likeness (QED) is 0.815. The summed E-state index contributed by atoms with van der Waals surface area (Å²) >= 11 is 0. The maximum absolute atomic E-state index is 13.2. The van der Waals surface area contributed by atoms with E-state index < -0.39 is 11.6 Å². The van der Waals surface area contributed by atoms with Gasteiger partial charge in [0.05, 0.1) is 0 Å². The SMILES string of the molecule is CCC1CNCCC1c1cc(F)cc(F)c1. The van der Waals surface area contributed by atoms with E-state index in [2.05, 4.69) is 12.2 Å². The maximum atomic E-state index is 13.2. The van der Waals surface area contributed by atoms with Crippen molar-refractivity contribution in [2.45, 2.75) is 25.7 Å². The second kappa shape index (κ2) is 4.91. The molecule has 0 bridgehead atoms. The van der Waals surface area contributed by atoms with E-state index in [0.717, 1.165) is 37.6 Å². The Balaban J connectivity index is 2.26. The maximum Gasteiger partial charge on any atom is 0.126 e. The van der Waals surface area contributed by atoms with Crippen molar-refractivity contribution in [3.63, 3.8) is 0 Å². The fraction of sp³-hybridized carbons (Fsp3) is 0.538. The summed E-state index contributed by atoms with van der Waals surface area (Å²) in [4.78, 5) is 0. The third-order valence-corrected chi connectivity index (χ3v) is 3.45. The largest absolute Gasteiger partial charge is 0.316 e. The average molecular weight is 225 g/mol. The van der Waals surface area contributed by atoms with Crippen LogP contribution in [0, 0.1) is 17.6 Å². The normalized spacial score (nSPS) is 25.7. The van der Waals surface area contributed by atoms with Gasteiger partial charge < -0.3 is 5.32 Å². The lowest BCUT2D eigenvalue weighted by molar-refractivity contribution is 0.316. The molecular weight excluding hydrogens is 208 g/mol. The summed E-state index contributed by atoms with van der Waals surface area (Å²) in [5.41, 5.74) is 0.811. The minimum Gasteiger partial charge on any atom is -0.316 e. The number of hydrogen-bond donors (Lipinski definition) is 1. The van der Waals surface area contributed by atoms with Crippen molar-refractivity contribution in [1.29, 1.82) is 0 Å². The Kier molecular flexibility index (Phi) is 3.54. The number of piperidine rings is 1. The molecule has 0 radical (unpaired) electrons. The Labute approximate surface area is 94.9 Å². The van der Waals surface area contributed by atoms with Crippen LogP contribution in [0.15, 0.2) is 18.2 Å². The molecule has 1 aliphatic rings. The minimum absolute atomic E-state index is 0.288. The van der Waals surface area contributed by atoms with Crippen LogP contribution in [0.25, 0.3) is 0 Å². The summed E-state index contributed by atoms with van der Waals surface area (Å²) in [5.74, 6) is -0.168. The molecule has 0 saturated carbocycles. The molecule has 1 aliphatic heterocycles. The van der Waals surface area contributed by atoms with Crippen molar-refractivity contribution in [1.82, 2.24) is 5.32 Å². The first kappa shape index (κ1) is 11.5. The zero-order valence-electron chi connectivity index (χ0n) is 9.47. The van der Waals surface area contributed by atoms with Crippen LogP contribution in [0.4, 0.5) is 8.78 Å². The molecule has 1 saturated heterocycles. The molecule has 0 amide bonds. The summed E-state index contributed by atoms with van der Waals surface area (Å²) in [5, 5.41) is 3.33. The fourth-order valence-corrected chi connectivity index (χ4v) is 2.58. The van der Waals surface area contributed by atoms with E-state index in [-0.39, 0.29) is 5.92 Å². The van der Waals surface area contributed by atoms with Gasteiger partial charge in [-0.25, -0.2) is 8.78 Å². The Morgan fingerprint density at radius 2 is 1.94 bits per heavy atom. The first-order chi connectivity index (χ1) is 7.70. The van der Waals surface area contributed by atoms with Gasteiger partial charge in [0.15, 0.2) is 0 Å². The highest BCUT2D eigenvalue weighted by molar-refractivity contribution is 5.23. The Bertz CT molecular complexity index is 345. The number of nitrogens with one attached hydrogen (secondary N) is 1. The van der Waals surface area contributed by atoms with Crippen molar-refractivity contribution in [2.24, 2.45) is 5.92 Å². The molecule has 1 N–H and O–H groups in total. The van der Waals surface area contributed by atoms with Crippen LogP contribution in [0.1, 0.15) is 31.2 Å². The third kappa shape index (κ3) is 2.40. The highest BCUT2D eigenvalue weighted by atomic mass is 19.1. The van der Waals surface area contributed by atoms with Crippen LogP contribution in [0.3, 0.4) is 0 Å². The van der Waals surface area contributed by atoms with Crippen molar-refractivity contribution < 1.29 is 8.78 Å². The summed E-state index contributed by atoms with van der Waals surface area (Å²) in [7, 11) is 0. The van der Waals surface area contributed by atoms with Crippen LogP contribution >= 0.6 is 0 Å². The van der Waals surface area contributed by atoms with Gasteiger partial charge in [-0.05, 0) is 49.0 Å². The van der Waals surface area contributed by atoms with Crippen LogP contribution in [-0.4, -0.2) is 13.1 Å². The van der Waals surface area contributed by atoms with Gasteiger partial charge in [0.2, 0.25) is 0 Å². The predicted octanol–water partition coefficient (Wildman–Crippen LogP) is 3.07. The molecule has 16 heavy (non-hydrogen) atoms.